The minimum Gasteiger partial charge on any atom is -0.456 e. The second kappa shape index (κ2) is 7.20. The van der Waals surface area contributed by atoms with Crippen LogP contribution in [0.15, 0.2) is 108 Å². The van der Waals surface area contributed by atoms with E-state index in [-0.39, 0.29) is 5.91 Å². The van der Waals surface area contributed by atoms with Crippen molar-refractivity contribution in [1.82, 2.24) is 0 Å². The molecule has 0 aliphatic carbocycles. The second-order valence-electron chi connectivity index (χ2n) is 7.62. The molecule has 3 heteroatoms. The lowest BCUT2D eigenvalue weighted by atomic mass is 9.75. The van der Waals surface area contributed by atoms with Crippen LogP contribution in [0.3, 0.4) is 0 Å². The summed E-state index contributed by atoms with van der Waals surface area (Å²) in [6, 6.07) is 33.5. The van der Waals surface area contributed by atoms with E-state index in [1.165, 1.54) is 0 Å². The van der Waals surface area contributed by atoms with E-state index in [2.05, 4.69) is 5.32 Å². The SMILES string of the molecule is CC(C(=O)Nc1ccc2c(c1)oc1ccccc12)(c1ccccc1)c1ccccc1. The Hall–Kier alpha value is -3.85. The molecule has 4 aromatic carbocycles. The minimum atomic E-state index is -0.828. The lowest BCUT2D eigenvalue weighted by molar-refractivity contribution is -0.119. The average molecular weight is 391 g/mol. The van der Waals surface area contributed by atoms with Gasteiger partial charge in [0, 0.05) is 22.5 Å². The van der Waals surface area contributed by atoms with Crippen LogP contribution in [0.4, 0.5) is 5.69 Å². The van der Waals surface area contributed by atoms with Crippen molar-refractivity contribution in [1.29, 1.82) is 0 Å². The monoisotopic (exact) mass is 391 g/mol. The molecule has 30 heavy (non-hydrogen) atoms. The van der Waals surface area contributed by atoms with Gasteiger partial charge in [0.2, 0.25) is 5.91 Å². The fraction of sp³-hybridized carbons (Fsp3) is 0.0741. The molecule has 146 valence electrons. The van der Waals surface area contributed by atoms with E-state index < -0.39 is 5.41 Å². The first-order chi connectivity index (χ1) is 14.7. The van der Waals surface area contributed by atoms with Crippen molar-refractivity contribution in [2.75, 3.05) is 5.32 Å². The first-order valence-corrected chi connectivity index (χ1v) is 10.00. The Balaban J connectivity index is 1.55. The van der Waals surface area contributed by atoms with Gasteiger partial charge >= 0.3 is 0 Å². The van der Waals surface area contributed by atoms with Gasteiger partial charge in [0.15, 0.2) is 0 Å². The Morgan fingerprint density at radius 1 is 0.700 bits per heavy atom. The van der Waals surface area contributed by atoms with Crippen molar-refractivity contribution in [2.24, 2.45) is 0 Å². The van der Waals surface area contributed by atoms with E-state index in [9.17, 15) is 4.79 Å². The van der Waals surface area contributed by atoms with E-state index >= 15 is 0 Å². The van der Waals surface area contributed by atoms with Crippen LogP contribution < -0.4 is 5.32 Å². The molecule has 1 amide bonds. The van der Waals surface area contributed by atoms with Crippen LogP contribution in [0.2, 0.25) is 0 Å². The van der Waals surface area contributed by atoms with Crippen LogP contribution in [-0.2, 0) is 10.2 Å². The topological polar surface area (TPSA) is 42.2 Å². The zero-order valence-corrected chi connectivity index (χ0v) is 16.6. The van der Waals surface area contributed by atoms with Gasteiger partial charge < -0.3 is 9.73 Å². The third-order valence-electron chi connectivity index (χ3n) is 5.79. The van der Waals surface area contributed by atoms with E-state index in [4.69, 9.17) is 4.42 Å². The van der Waals surface area contributed by atoms with Gasteiger partial charge in [0.1, 0.15) is 11.2 Å². The van der Waals surface area contributed by atoms with Crippen molar-refractivity contribution in [3.8, 4) is 0 Å². The molecule has 0 saturated heterocycles. The standard InChI is InChI=1S/C27H21NO2/c1-27(19-10-4-2-5-11-19,20-12-6-3-7-13-20)26(29)28-21-16-17-23-22-14-8-9-15-24(22)30-25(23)18-21/h2-18H,1H3,(H,28,29). The number of nitrogens with one attached hydrogen (secondary N) is 1. The molecule has 5 rings (SSSR count). The molecule has 1 aromatic heterocycles. The molecule has 0 aliphatic rings. The summed E-state index contributed by atoms with van der Waals surface area (Å²) in [6.45, 7) is 1.96. The number of carbonyl (C=O) groups is 1. The molecule has 1 N–H and O–H groups in total. The zero-order valence-electron chi connectivity index (χ0n) is 16.6. The van der Waals surface area contributed by atoms with E-state index in [0.717, 1.165) is 33.1 Å². The quantitative estimate of drug-likeness (QED) is 0.378. The van der Waals surface area contributed by atoms with Gasteiger partial charge in [-0.15, -0.1) is 0 Å². The molecule has 0 aliphatic heterocycles. The van der Waals surface area contributed by atoms with Crippen LogP contribution in [0.25, 0.3) is 21.9 Å². The summed E-state index contributed by atoms with van der Waals surface area (Å²) in [6.07, 6.45) is 0. The third kappa shape index (κ3) is 2.96. The smallest absolute Gasteiger partial charge is 0.239 e. The molecule has 1 heterocycles. The number of rotatable bonds is 4. The van der Waals surface area contributed by atoms with Gasteiger partial charge in [0.05, 0.1) is 5.41 Å². The van der Waals surface area contributed by atoms with Crippen LogP contribution >= 0.6 is 0 Å². The van der Waals surface area contributed by atoms with Gasteiger partial charge in [-0.25, -0.2) is 0 Å². The lowest BCUT2D eigenvalue weighted by Crippen LogP contribution is -2.38. The minimum absolute atomic E-state index is 0.0876. The highest BCUT2D eigenvalue weighted by Gasteiger charge is 2.37. The van der Waals surface area contributed by atoms with Crippen molar-refractivity contribution < 1.29 is 9.21 Å². The largest absolute Gasteiger partial charge is 0.456 e. The fourth-order valence-electron chi connectivity index (χ4n) is 4.03. The average Bonchev–Trinajstić information content (AvgIpc) is 3.17. The van der Waals surface area contributed by atoms with E-state index in [0.29, 0.717) is 5.69 Å². The predicted molar refractivity (Wildman–Crippen MR) is 122 cm³/mol. The summed E-state index contributed by atoms with van der Waals surface area (Å²) >= 11 is 0. The van der Waals surface area contributed by atoms with Gasteiger partial charge in [-0.05, 0) is 36.2 Å². The molecule has 0 saturated carbocycles. The summed E-state index contributed by atoms with van der Waals surface area (Å²) in [7, 11) is 0. The van der Waals surface area contributed by atoms with Crippen LogP contribution in [0.5, 0.6) is 0 Å². The molecule has 0 radical (unpaired) electrons. The first kappa shape index (κ1) is 18.2. The van der Waals surface area contributed by atoms with Crippen molar-refractivity contribution in [3.05, 3.63) is 114 Å². The number of carbonyl (C=O) groups excluding carboxylic acids is 1. The molecular formula is C27H21NO2. The fourth-order valence-corrected chi connectivity index (χ4v) is 4.03. The Kier molecular flexibility index (Phi) is 4.36. The van der Waals surface area contributed by atoms with Crippen LogP contribution in [-0.4, -0.2) is 5.91 Å². The summed E-state index contributed by atoms with van der Waals surface area (Å²) in [5.74, 6) is -0.0876. The van der Waals surface area contributed by atoms with Crippen molar-refractivity contribution >= 4 is 33.5 Å². The van der Waals surface area contributed by atoms with Gasteiger partial charge in [0.25, 0.3) is 0 Å². The Morgan fingerprint density at radius 2 is 1.27 bits per heavy atom. The molecule has 3 nitrogen and oxygen atoms in total. The Bertz CT molecular complexity index is 1300. The molecule has 0 atom stereocenters. The van der Waals surface area contributed by atoms with Crippen LogP contribution in [0, 0.1) is 0 Å². The third-order valence-corrected chi connectivity index (χ3v) is 5.79. The number of hydrogen-bond acceptors (Lipinski definition) is 2. The first-order valence-electron chi connectivity index (χ1n) is 10.00. The summed E-state index contributed by atoms with van der Waals surface area (Å²) in [5, 5.41) is 5.23. The Morgan fingerprint density at radius 3 is 1.93 bits per heavy atom. The summed E-state index contributed by atoms with van der Waals surface area (Å²) in [5.41, 5.74) is 3.37. The number of hydrogen-bond donors (Lipinski definition) is 1. The van der Waals surface area contributed by atoms with Crippen molar-refractivity contribution in [3.63, 3.8) is 0 Å². The molecule has 0 fully saturated rings. The molecule has 5 aromatic rings. The number of benzene rings is 4. The summed E-state index contributed by atoms with van der Waals surface area (Å²) < 4.78 is 5.98. The molecule has 0 spiro atoms. The summed E-state index contributed by atoms with van der Waals surface area (Å²) in [4.78, 5) is 13.6. The zero-order chi connectivity index (χ0) is 20.6. The highest BCUT2D eigenvalue weighted by molar-refractivity contribution is 6.07. The number of amides is 1. The second-order valence-corrected chi connectivity index (χ2v) is 7.62. The highest BCUT2D eigenvalue weighted by Crippen LogP contribution is 2.35. The number of furan rings is 1. The maximum absolute atomic E-state index is 13.6. The number of anilines is 1. The lowest BCUT2D eigenvalue weighted by Gasteiger charge is -2.29. The van der Waals surface area contributed by atoms with Gasteiger partial charge in [-0.1, -0.05) is 78.9 Å². The maximum atomic E-state index is 13.6. The van der Waals surface area contributed by atoms with Gasteiger partial charge in [-0.2, -0.15) is 0 Å². The van der Waals surface area contributed by atoms with E-state index in [1.807, 2.05) is 110 Å². The molecule has 0 bridgehead atoms. The Labute approximate surface area is 175 Å². The predicted octanol–water partition coefficient (Wildman–Crippen LogP) is 6.53. The maximum Gasteiger partial charge on any atom is 0.239 e. The molecular weight excluding hydrogens is 370 g/mol. The highest BCUT2D eigenvalue weighted by atomic mass is 16.3. The number of para-hydroxylation sites is 1. The van der Waals surface area contributed by atoms with Crippen molar-refractivity contribution in [2.45, 2.75) is 12.3 Å². The van der Waals surface area contributed by atoms with Crippen LogP contribution in [0.1, 0.15) is 18.1 Å². The molecule has 0 unspecified atom stereocenters. The normalized spacial score (nSPS) is 11.6. The van der Waals surface area contributed by atoms with Gasteiger partial charge in [-0.3, -0.25) is 4.79 Å². The number of fused-ring (bicyclic) bond motifs is 3. The van der Waals surface area contributed by atoms with E-state index in [1.54, 1.807) is 0 Å².